The SMILES string of the molecule is Cc1ccc(S(=O)(=O)[N-][C@H](c2ccccc2)[C@H]([NH-])c2ccccc2)cc1.[CH3-].[CH3-].[Ru+4]. The van der Waals surface area contributed by atoms with E-state index in [1.165, 1.54) is 0 Å². The Bertz CT molecular complexity index is 947. The quantitative estimate of drug-likeness (QED) is 0.290. The van der Waals surface area contributed by atoms with Crippen molar-refractivity contribution in [2.75, 3.05) is 0 Å². The van der Waals surface area contributed by atoms with Crippen LogP contribution in [0.15, 0.2) is 89.8 Å². The van der Waals surface area contributed by atoms with Crippen LogP contribution in [0.25, 0.3) is 10.5 Å². The standard InChI is InChI=1S/C21H20N2O2S.2CH3.Ru/c1-16-12-14-19(15-13-16)26(24,25)23-21(18-10-6-3-7-11-18)20(22)17-8-4-2-5-9-17;;;/h2-15,20-22H,1H3;2*1H3;/q-2;2*-1;+4/t20-,21-;;;/m1.../s1. The summed E-state index contributed by atoms with van der Waals surface area (Å²) in [6.45, 7) is 1.90. The van der Waals surface area contributed by atoms with Gasteiger partial charge in [0.15, 0.2) is 0 Å². The summed E-state index contributed by atoms with van der Waals surface area (Å²) in [5, 5.41) is 0. The summed E-state index contributed by atoms with van der Waals surface area (Å²) in [6, 6.07) is 23.3. The van der Waals surface area contributed by atoms with Crippen LogP contribution in [-0.4, -0.2) is 8.42 Å². The second kappa shape index (κ2) is 12.0. The Labute approximate surface area is 188 Å². The number of nitrogens with zero attached hydrogens (tertiary/aromatic N) is 1. The monoisotopic (exact) mass is 496 g/mol. The van der Waals surface area contributed by atoms with E-state index >= 15 is 0 Å². The van der Waals surface area contributed by atoms with Gasteiger partial charge in [-0.25, -0.2) is 8.42 Å². The largest absolute Gasteiger partial charge is 4.00 e. The summed E-state index contributed by atoms with van der Waals surface area (Å²) in [7, 11) is -3.87. The third-order valence-corrected chi connectivity index (χ3v) is 5.56. The molecule has 0 fully saturated rings. The van der Waals surface area contributed by atoms with E-state index in [9.17, 15) is 8.42 Å². The van der Waals surface area contributed by atoms with Gasteiger partial charge in [0, 0.05) is 4.90 Å². The minimum Gasteiger partial charge on any atom is -0.672 e. The van der Waals surface area contributed by atoms with Crippen molar-refractivity contribution < 1.29 is 27.9 Å². The van der Waals surface area contributed by atoms with Crippen LogP contribution in [0.3, 0.4) is 0 Å². The average molecular weight is 496 g/mol. The van der Waals surface area contributed by atoms with Gasteiger partial charge in [0.2, 0.25) is 0 Å². The first kappa shape index (κ1) is 27.2. The van der Waals surface area contributed by atoms with Gasteiger partial charge >= 0.3 is 19.5 Å². The maximum absolute atomic E-state index is 12.8. The van der Waals surface area contributed by atoms with Crippen LogP contribution in [0.5, 0.6) is 0 Å². The van der Waals surface area contributed by atoms with Crippen LogP contribution >= 0.6 is 0 Å². The summed E-state index contributed by atoms with van der Waals surface area (Å²) in [4.78, 5) is 0.143. The van der Waals surface area contributed by atoms with Crippen molar-refractivity contribution in [1.29, 1.82) is 0 Å². The molecule has 0 saturated carbocycles. The van der Waals surface area contributed by atoms with Crippen LogP contribution in [0.2, 0.25) is 0 Å². The molecule has 0 aliphatic heterocycles. The van der Waals surface area contributed by atoms with Crippen molar-refractivity contribution in [1.82, 2.24) is 0 Å². The predicted octanol–water partition coefficient (Wildman–Crippen LogP) is 6.49. The Morgan fingerprint density at radius 2 is 1.21 bits per heavy atom. The maximum Gasteiger partial charge on any atom is 4.00 e. The molecule has 0 aliphatic carbocycles. The Morgan fingerprint density at radius 1 is 0.759 bits per heavy atom. The van der Waals surface area contributed by atoms with E-state index in [1.807, 2.05) is 67.6 Å². The number of sulfonamides is 1. The van der Waals surface area contributed by atoms with Gasteiger partial charge in [-0.1, -0.05) is 89.5 Å². The molecule has 154 valence electrons. The van der Waals surface area contributed by atoms with Crippen molar-refractivity contribution in [3.8, 4) is 0 Å². The normalized spacial score (nSPS) is 12.5. The van der Waals surface area contributed by atoms with Gasteiger partial charge < -0.3 is 25.3 Å². The molecule has 0 bridgehead atoms. The predicted molar refractivity (Wildman–Crippen MR) is 117 cm³/mol. The fourth-order valence-electron chi connectivity index (χ4n) is 2.73. The van der Waals surface area contributed by atoms with E-state index in [0.717, 1.165) is 11.1 Å². The molecule has 3 rings (SSSR count). The molecule has 6 heteroatoms. The van der Waals surface area contributed by atoms with Gasteiger partial charge in [-0.05, 0) is 19.1 Å². The number of benzene rings is 3. The smallest absolute Gasteiger partial charge is 0.672 e. The molecule has 29 heavy (non-hydrogen) atoms. The van der Waals surface area contributed by atoms with E-state index < -0.39 is 22.1 Å². The molecular weight excluding hydrogens is 469 g/mol. The molecule has 3 aromatic carbocycles. The number of rotatable bonds is 6. The first-order chi connectivity index (χ1) is 12.5. The van der Waals surface area contributed by atoms with Gasteiger partial charge in [-0.15, -0.1) is 12.1 Å². The minimum absolute atomic E-state index is 0. The molecule has 2 atom stereocenters. The van der Waals surface area contributed by atoms with Crippen molar-refractivity contribution in [3.05, 3.63) is 127 Å². The molecule has 0 aromatic heterocycles. The van der Waals surface area contributed by atoms with Gasteiger partial charge in [0.1, 0.15) is 10.0 Å². The van der Waals surface area contributed by atoms with Crippen molar-refractivity contribution in [3.63, 3.8) is 0 Å². The van der Waals surface area contributed by atoms with Crippen LogP contribution in [0.4, 0.5) is 0 Å². The molecule has 0 radical (unpaired) electrons. The van der Waals surface area contributed by atoms with E-state index in [4.69, 9.17) is 5.73 Å². The molecule has 0 unspecified atom stereocenters. The van der Waals surface area contributed by atoms with Crippen LogP contribution in [-0.2, 0) is 29.5 Å². The third kappa shape index (κ3) is 6.86. The topological polar surface area (TPSA) is 72.0 Å². The van der Waals surface area contributed by atoms with Gasteiger partial charge in [-0.2, -0.15) is 0 Å². The zero-order valence-electron chi connectivity index (χ0n) is 16.8. The first-order valence-electron chi connectivity index (χ1n) is 8.32. The molecule has 0 aliphatic rings. The van der Waals surface area contributed by atoms with Gasteiger partial charge in [-0.3, -0.25) is 0 Å². The Kier molecular flexibility index (Phi) is 11.2. The summed E-state index contributed by atoms with van der Waals surface area (Å²) in [5.41, 5.74) is 11.0. The fourth-order valence-corrected chi connectivity index (χ4v) is 3.87. The van der Waals surface area contributed by atoms with Gasteiger partial charge in [0.25, 0.3) is 0 Å². The van der Waals surface area contributed by atoms with Crippen LogP contribution in [0, 0.1) is 21.8 Å². The Hall–Kier alpha value is -1.85. The molecule has 0 heterocycles. The van der Waals surface area contributed by atoms with E-state index in [0.29, 0.717) is 5.56 Å². The number of aryl methyl sites for hydroxylation is 1. The zero-order chi connectivity index (χ0) is 18.6. The molecule has 0 amide bonds. The molecule has 4 nitrogen and oxygen atoms in total. The third-order valence-electron chi connectivity index (χ3n) is 4.19. The van der Waals surface area contributed by atoms with E-state index in [-0.39, 0.29) is 39.2 Å². The fraction of sp³-hybridized carbons (Fsp3) is 0.130. The van der Waals surface area contributed by atoms with Crippen molar-refractivity contribution >= 4 is 10.0 Å². The minimum atomic E-state index is -3.87. The molecule has 3 aromatic rings. The number of hydrogen-bond donors (Lipinski definition) is 0. The molecular formula is C23H26N2O2RuS. The number of hydrogen-bond acceptors (Lipinski definition) is 2. The van der Waals surface area contributed by atoms with Crippen molar-refractivity contribution in [2.24, 2.45) is 0 Å². The molecule has 0 spiro atoms. The summed E-state index contributed by atoms with van der Waals surface area (Å²) >= 11 is 0. The van der Waals surface area contributed by atoms with E-state index in [2.05, 4.69) is 4.72 Å². The number of nitrogens with one attached hydrogen (secondary N) is 1. The second-order valence-corrected chi connectivity index (χ2v) is 7.77. The summed E-state index contributed by atoms with van der Waals surface area (Å²) < 4.78 is 29.8. The maximum atomic E-state index is 12.8. The Morgan fingerprint density at radius 3 is 1.69 bits per heavy atom. The second-order valence-electron chi connectivity index (χ2n) is 6.14. The van der Waals surface area contributed by atoms with Crippen molar-refractivity contribution in [2.45, 2.75) is 23.9 Å². The van der Waals surface area contributed by atoms with Gasteiger partial charge in [0.05, 0.1) is 0 Å². The summed E-state index contributed by atoms with van der Waals surface area (Å²) in [5.74, 6) is 0. The molecule has 0 saturated heterocycles. The zero-order valence-corrected chi connectivity index (χ0v) is 19.3. The van der Waals surface area contributed by atoms with E-state index in [1.54, 1.807) is 24.3 Å². The van der Waals surface area contributed by atoms with Crippen LogP contribution in [0.1, 0.15) is 28.8 Å². The van der Waals surface area contributed by atoms with Crippen LogP contribution < -0.4 is 0 Å². The summed E-state index contributed by atoms with van der Waals surface area (Å²) in [6.07, 6.45) is 0. The first-order valence-corrected chi connectivity index (χ1v) is 9.76. The average Bonchev–Trinajstić information content (AvgIpc) is 2.67. The molecule has 1 N–H and O–H groups in total. The Balaban J connectivity index is 0.00000261.